The Balaban J connectivity index is 1.67. The Morgan fingerprint density at radius 2 is 1.40 bits per heavy atom. The number of rotatable bonds is 12. The third kappa shape index (κ3) is 7.08. The van der Waals surface area contributed by atoms with E-state index in [-0.39, 0.29) is 17.0 Å². The van der Waals surface area contributed by atoms with Crippen molar-refractivity contribution in [2.24, 2.45) is 5.92 Å². The van der Waals surface area contributed by atoms with Crippen molar-refractivity contribution in [2.75, 3.05) is 0 Å². The van der Waals surface area contributed by atoms with Gasteiger partial charge in [0.1, 0.15) is 5.82 Å². The molecular formula is C29H36F4O2. The van der Waals surface area contributed by atoms with Gasteiger partial charge in [-0.05, 0) is 66.8 Å². The monoisotopic (exact) mass is 492 g/mol. The van der Waals surface area contributed by atoms with Gasteiger partial charge in [0.05, 0.1) is 5.56 Å². The lowest BCUT2D eigenvalue weighted by Crippen LogP contribution is -2.15. The Bertz CT molecular complexity index is 973. The van der Waals surface area contributed by atoms with Crippen LogP contribution >= 0.6 is 0 Å². The molecule has 2 aromatic carbocycles. The van der Waals surface area contributed by atoms with Gasteiger partial charge in [0.15, 0.2) is 17.5 Å². The largest absolute Gasteiger partial charge is 0.478 e. The molecule has 0 aromatic heterocycles. The average molecular weight is 493 g/mol. The van der Waals surface area contributed by atoms with Gasteiger partial charge in [-0.3, -0.25) is 0 Å². The fraction of sp³-hybridized carbons (Fsp3) is 0.552. The zero-order valence-electron chi connectivity index (χ0n) is 20.5. The summed E-state index contributed by atoms with van der Waals surface area (Å²) in [4.78, 5) is 11.5. The molecule has 35 heavy (non-hydrogen) atoms. The summed E-state index contributed by atoms with van der Waals surface area (Å²) in [5.74, 6) is -6.44. The minimum Gasteiger partial charge on any atom is -0.478 e. The first kappa shape index (κ1) is 27.2. The molecule has 0 spiro atoms. The fourth-order valence-electron chi connectivity index (χ4n) is 5.42. The van der Waals surface area contributed by atoms with Crippen molar-refractivity contribution >= 4 is 5.97 Å². The molecule has 1 saturated carbocycles. The van der Waals surface area contributed by atoms with Gasteiger partial charge in [-0.25, -0.2) is 22.4 Å². The predicted octanol–water partition coefficient (Wildman–Crippen LogP) is 9.41. The van der Waals surface area contributed by atoms with Crippen molar-refractivity contribution in [1.82, 2.24) is 0 Å². The van der Waals surface area contributed by atoms with Crippen molar-refractivity contribution < 1.29 is 27.5 Å². The van der Waals surface area contributed by atoms with E-state index < -0.39 is 34.8 Å². The summed E-state index contributed by atoms with van der Waals surface area (Å²) >= 11 is 0. The summed E-state index contributed by atoms with van der Waals surface area (Å²) in [6.07, 6.45) is 15.0. The van der Waals surface area contributed by atoms with E-state index in [1.807, 2.05) is 0 Å². The molecule has 2 aromatic rings. The van der Waals surface area contributed by atoms with Gasteiger partial charge >= 0.3 is 5.97 Å². The maximum absolute atomic E-state index is 15.3. The molecule has 1 aliphatic carbocycles. The normalized spacial score (nSPS) is 18.1. The Kier molecular flexibility index (Phi) is 10.2. The molecule has 2 nitrogen and oxygen atoms in total. The van der Waals surface area contributed by atoms with E-state index in [4.69, 9.17) is 0 Å². The third-order valence-corrected chi connectivity index (χ3v) is 7.43. The molecule has 0 radical (unpaired) electrons. The number of carbonyl (C=O) groups is 1. The summed E-state index contributed by atoms with van der Waals surface area (Å²) < 4.78 is 56.7. The van der Waals surface area contributed by atoms with Crippen molar-refractivity contribution in [3.63, 3.8) is 0 Å². The molecule has 0 atom stereocenters. The zero-order chi connectivity index (χ0) is 25.4. The standard InChI is InChI=1S/C29H36F4O2/c1-2-3-4-5-6-7-8-9-10-19-11-13-20(14-12-19)22-15-16-23(29(34)35)27(32)26(22)21-17-24(30)28(33)25(31)18-21/h15-20H,2-14H2,1H3,(H,34,35). The number of hydrogen-bond acceptors (Lipinski definition) is 1. The van der Waals surface area contributed by atoms with E-state index >= 15 is 4.39 Å². The van der Waals surface area contributed by atoms with E-state index in [1.54, 1.807) is 6.07 Å². The SMILES string of the molecule is CCCCCCCCCCC1CCC(c2ccc(C(=O)O)c(F)c2-c2cc(F)c(F)c(F)c2)CC1. The highest BCUT2D eigenvalue weighted by molar-refractivity contribution is 5.90. The molecule has 1 aliphatic rings. The summed E-state index contributed by atoms with van der Waals surface area (Å²) in [6, 6.07) is 4.23. The summed E-state index contributed by atoms with van der Waals surface area (Å²) in [7, 11) is 0. The van der Waals surface area contributed by atoms with Crippen molar-refractivity contribution in [1.29, 1.82) is 0 Å². The molecule has 0 unspecified atom stereocenters. The predicted molar refractivity (Wildman–Crippen MR) is 131 cm³/mol. The lowest BCUT2D eigenvalue weighted by atomic mass is 9.75. The molecular weight excluding hydrogens is 456 g/mol. The molecule has 0 amide bonds. The summed E-state index contributed by atoms with van der Waals surface area (Å²) in [5.41, 5.74) is -0.368. The highest BCUT2D eigenvalue weighted by Crippen LogP contribution is 2.43. The van der Waals surface area contributed by atoms with Crippen LogP contribution in [-0.2, 0) is 0 Å². The van der Waals surface area contributed by atoms with E-state index in [2.05, 4.69) is 6.92 Å². The van der Waals surface area contributed by atoms with Crippen molar-refractivity contribution in [3.8, 4) is 11.1 Å². The molecule has 0 aliphatic heterocycles. The first-order chi connectivity index (χ1) is 16.8. The van der Waals surface area contributed by atoms with Crippen LogP contribution in [-0.4, -0.2) is 11.1 Å². The smallest absolute Gasteiger partial charge is 0.338 e. The van der Waals surface area contributed by atoms with Crippen LogP contribution < -0.4 is 0 Å². The summed E-state index contributed by atoms with van der Waals surface area (Å²) in [6.45, 7) is 2.22. The van der Waals surface area contributed by atoms with Crippen LogP contribution in [0.5, 0.6) is 0 Å². The highest BCUT2D eigenvalue weighted by Gasteiger charge is 2.28. The van der Waals surface area contributed by atoms with Gasteiger partial charge in [0, 0.05) is 5.56 Å². The molecule has 0 heterocycles. The van der Waals surface area contributed by atoms with E-state index in [0.717, 1.165) is 37.8 Å². The second kappa shape index (κ2) is 13.1. The first-order valence-corrected chi connectivity index (χ1v) is 13.0. The van der Waals surface area contributed by atoms with E-state index in [1.165, 1.54) is 63.9 Å². The molecule has 1 fully saturated rings. The van der Waals surface area contributed by atoms with Gasteiger partial charge in [-0.1, -0.05) is 70.8 Å². The molecule has 0 bridgehead atoms. The lowest BCUT2D eigenvalue weighted by molar-refractivity contribution is 0.0692. The number of hydrogen-bond donors (Lipinski definition) is 1. The van der Waals surface area contributed by atoms with Crippen LogP contribution in [0, 0.1) is 29.2 Å². The molecule has 1 N–H and O–H groups in total. The second-order valence-electron chi connectivity index (χ2n) is 9.93. The molecule has 192 valence electrons. The maximum atomic E-state index is 15.3. The number of carboxylic acids is 1. The van der Waals surface area contributed by atoms with Crippen LogP contribution in [0.4, 0.5) is 17.6 Å². The number of unbranched alkanes of at least 4 members (excludes halogenated alkanes) is 7. The average Bonchev–Trinajstić information content (AvgIpc) is 2.84. The highest BCUT2D eigenvalue weighted by atomic mass is 19.2. The summed E-state index contributed by atoms with van der Waals surface area (Å²) in [5, 5.41) is 9.35. The second-order valence-corrected chi connectivity index (χ2v) is 9.93. The van der Waals surface area contributed by atoms with Crippen LogP contribution in [0.3, 0.4) is 0 Å². The molecule has 3 rings (SSSR count). The number of carboxylic acid groups (broad SMARTS) is 1. The minimum absolute atomic E-state index is 0.0478. The van der Waals surface area contributed by atoms with E-state index in [9.17, 15) is 23.1 Å². The Labute approximate surface area is 205 Å². The van der Waals surface area contributed by atoms with Gasteiger partial charge in [-0.15, -0.1) is 0 Å². The topological polar surface area (TPSA) is 37.3 Å². The van der Waals surface area contributed by atoms with Gasteiger partial charge in [-0.2, -0.15) is 0 Å². The van der Waals surface area contributed by atoms with Crippen LogP contribution in [0.2, 0.25) is 0 Å². The van der Waals surface area contributed by atoms with Gasteiger partial charge in [0.25, 0.3) is 0 Å². The Hall–Kier alpha value is -2.37. The lowest BCUT2D eigenvalue weighted by Gasteiger charge is -2.30. The Morgan fingerprint density at radius 1 is 0.829 bits per heavy atom. The molecule has 6 heteroatoms. The fourth-order valence-corrected chi connectivity index (χ4v) is 5.42. The zero-order valence-corrected chi connectivity index (χ0v) is 20.5. The van der Waals surface area contributed by atoms with Crippen LogP contribution in [0.15, 0.2) is 24.3 Å². The first-order valence-electron chi connectivity index (χ1n) is 13.0. The number of halogens is 4. The maximum Gasteiger partial charge on any atom is 0.338 e. The Morgan fingerprint density at radius 3 is 1.97 bits per heavy atom. The number of aromatic carboxylic acids is 1. The van der Waals surface area contributed by atoms with E-state index in [0.29, 0.717) is 11.5 Å². The van der Waals surface area contributed by atoms with Gasteiger partial charge in [0.2, 0.25) is 0 Å². The quantitative estimate of drug-likeness (QED) is 0.182. The van der Waals surface area contributed by atoms with Crippen molar-refractivity contribution in [3.05, 3.63) is 58.7 Å². The van der Waals surface area contributed by atoms with Crippen LogP contribution in [0.25, 0.3) is 11.1 Å². The minimum atomic E-state index is -1.63. The van der Waals surface area contributed by atoms with Gasteiger partial charge < -0.3 is 5.11 Å². The van der Waals surface area contributed by atoms with Crippen molar-refractivity contribution in [2.45, 2.75) is 96.3 Å². The molecule has 0 saturated heterocycles. The number of benzene rings is 2. The third-order valence-electron chi connectivity index (χ3n) is 7.43. The van der Waals surface area contributed by atoms with Crippen LogP contribution in [0.1, 0.15) is 112 Å².